The van der Waals surface area contributed by atoms with Crippen LogP contribution in [0.3, 0.4) is 0 Å². The van der Waals surface area contributed by atoms with Crippen molar-refractivity contribution in [2.24, 2.45) is 0 Å². The van der Waals surface area contributed by atoms with E-state index in [9.17, 15) is 10.1 Å². The highest BCUT2D eigenvalue weighted by Crippen LogP contribution is 2.44. The Bertz CT molecular complexity index is 1040. The Morgan fingerprint density at radius 3 is 2.81 bits per heavy atom. The molecule has 166 valence electrons. The number of amides is 1. The van der Waals surface area contributed by atoms with Gasteiger partial charge >= 0.3 is 0 Å². The Balaban J connectivity index is 1.60. The number of carbonyl (C=O) groups excluding carboxylic acids is 1. The summed E-state index contributed by atoms with van der Waals surface area (Å²) in [5.74, 6) is 1.03. The van der Waals surface area contributed by atoms with Crippen LogP contribution in [0.4, 0.5) is 17.2 Å². The van der Waals surface area contributed by atoms with Crippen molar-refractivity contribution in [2.45, 2.75) is 38.1 Å². The van der Waals surface area contributed by atoms with Crippen LogP contribution in [0.5, 0.6) is 0 Å². The number of nitrogens with one attached hydrogen (secondary N) is 1. The monoisotopic (exact) mass is 432 g/mol. The van der Waals surface area contributed by atoms with Crippen molar-refractivity contribution in [3.05, 3.63) is 47.9 Å². The van der Waals surface area contributed by atoms with Crippen LogP contribution in [0.2, 0.25) is 0 Å². The molecule has 1 amide bonds. The van der Waals surface area contributed by atoms with Gasteiger partial charge in [0, 0.05) is 38.0 Å². The Morgan fingerprint density at radius 1 is 1.41 bits per heavy atom. The molecule has 4 rings (SSSR count). The second-order valence-electron chi connectivity index (χ2n) is 8.34. The molecule has 2 aromatic rings. The topological polar surface area (TPSA) is 105 Å². The summed E-state index contributed by atoms with van der Waals surface area (Å²) in [5.41, 5.74) is 3.95. The summed E-state index contributed by atoms with van der Waals surface area (Å²) in [6.45, 7) is 7.33. The van der Waals surface area contributed by atoms with Gasteiger partial charge in [0.1, 0.15) is 11.9 Å². The normalized spacial score (nSPS) is 18.2. The second kappa shape index (κ2) is 9.37. The standard InChI is InChI=1S/C24H28N6O2/c1-3-19-6-7-20(14-26-19)27-21-12-18(13-25)24(28-23(21)17-4-5-17)29-9-10-30(16(2)15-29)22(32)8-11-31/h3,6-7,12,14,16-17,27,31H,1,4-5,8-11,15H2,2H3. The fourth-order valence-electron chi connectivity index (χ4n) is 4.12. The van der Waals surface area contributed by atoms with E-state index in [0.29, 0.717) is 36.9 Å². The zero-order valence-electron chi connectivity index (χ0n) is 18.3. The Hall–Kier alpha value is -3.44. The maximum Gasteiger partial charge on any atom is 0.225 e. The largest absolute Gasteiger partial charge is 0.396 e. The Kier molecular flexibility index (Phi) is 6.37. The highest BCUT2D eigenvalue weighted by Gasteiger charge is 2.32. The smallest absolute Gasteiger partial charge is 0.225 e. The molecule has 0 aromatic carbocycles. The number of hydrogen-bond acceptors (Lipinski definition) is 7. The summed E-state index contributed by atoms with van der Waals surface area (Å²) in [6.07, 6.45) is 5.75. The van der Waals surface area contributed by atoms with Crippen molar-refractivity contribution >= 4 is 29.2 Å². The minimum Gasteiger partial charge on any atom is -0.396 e. The molecule has 1 atom stereocenters. The molecule has 0 spiro atoms. The highest BCUT2D eigenvalue weighted by atomic mass is 16.3. The van der Waals surface area contributed by atoms with Crippen LogP contribution < -0.4 is 10.2 Å². The van der Waals surface area contributed by atoms with Crippen molar-refractivity contribution in [3.8, 4) is 6.07 Å². The minimum absolute atomic E-state index is 0.0206. The molecule has 2 N–H and O–H groups in total. The van der Waals surface area contributed by atoms with Crippen molar-refractivity contribution < 1.29 is 9.90 Å². The molecule has 1 unspecified atom stereocenters. The zero-order valence-corrected chi connectivity index (χ0v) is 18.3. The molecule has 1 saturated carbocycles. The molecule has 0 bridgehead atoms. The summed E-state index contributed by atoms with van der Waals surface area (Å²) in [4.78, 5) is 25.4. The van der Waals surface area contributed by atoms with Crippen molar-refractivity contribution in [3.63, 3.8) is 0 Å². The SMILES string of the molecule is C=Cc1ccc(Nc2cc(C#N)c(N3CCN(C(=O)CCO)C(C)C3)nc2C2CC2)cn1. The molecule has 8 heteroatoms. The lowest BCUT2D eigenvalue weighted by atomic mass is 10.1. The molecule has 2 fully saturated rings. The molecule has 2 aliphatic rings. The Morgan fingerprint density at radius 2 is 2.22 bits per heavy atom. The average Bonchev–Trinajstić information content (AvgIpc) is 3.64. The van der Waals surface area contributed by atoms with Crippen LogP contribution in [-0.2, 0) is 4.79 Å². The molecule has 8 nitrogen and oxygen atoms in total. The first kappa shape index (κ1) is 21.8. The summed E-state index contributed by atoms with van der Waals surface area (Å²) < 4.78 is 0. The molecule has 0 radical (unpaired) electrons. The summed E-state index contributed by atoms with van der Waals surface area (Å²) >= 11 is 0. The molecule has 1 aliphatic carbocycles. The van der Waals surface area contributed by atoms with Gasteiger partial charge in [-0.3, -0.25) is 9.78 Å². The zero-order chi connectivity index (χ0) is 22.7. The van der Waals surface area contributed by atoms with Gasteiger partial charge in [-0.15, -0.1) is 0 Å². The predicted molar refractivity (Wildman–Crippen MR) is 124 cm³/mol. The summed E-state index contributed by atoms with van der Waals surface area (Å²) in [7, 11) is 0. The number of hydrogen-bond donors (Lipinski definition) is 2. The van der Waals surface area contributed by atoms with E-state index in [1.807, 2.05) is 25.1 Å². The van der Waals surface area contributed by atoms with E-state index in [1.165, 1.54) is 0 Å². The molecule has 32 heavy (non-hydrogen) atoms. The molecular formula is C24H28N6O2. The number of nitriles is 1. The van der Waals surface area contributed by atoms with Crippen LogP contribution in [0.15, 0.2) is 31.0 Å². The second-order valence-corrected chi connectivity index (χ2v) is 8.34. The number of carbonyl (C=O) groups is 1. The molecule has 3 heterocycles. The van der Waals surface area contributed by atoms with Gasteiger partial charge < -0.3 is 20.2 Å². The number of piperazine rings is 1. The first-order valence-electron chi connectivity index (χ1n) is 11.0. The van der Waals surface area contributed by atoms with E-state index < -0.39 is 0 Å². The number of anilines is 3. The lowest BCUT2D eigenvalue weighted by molar-refractivity contribution is -0.134. The maximum absolute atomic E-state index is 12.2. The van der Waals surface area contributed by atoms with Gasteiger partial charge in [0.25, 0.3) is 0 Å². The summed E-state index contributed by atoms with van der Waals surface area (Å²) in [5, 5.41) is 22.3. The number of pyridine rings is 2. The summed E-state index contributed by atoms with van der Waals surface area (Å²) in [6, 6.07) is 7.99. The highest BCUT2D eigenvalue weighted by molar-refractivity contribution is 5.77. The predicted octanol–water partition coefficient (Wildman–Crippen LogP) is 3.03. The lowest BCUT2D eigenvalue weighted by Gasteiger charge is -2.40. The van der Waals surface area contributed by atoms with Crippen LogP contribution in [0.25, 0.3) is 6.08 Å². The maximum atomic E-state index is 12.2. The fourth-order valence-corrected chi connectivity index (χ4v) is 4.12. The van der Waals surface area contributed by atoms with Gasteiger partial charge in [-0.25, -0.2) is 4.98 Å². The van der Waals surface area contributed by atoms with E-state index in [4.69, 9.17) is 10.1 Å². The van der Waals surface area contributed by atoms with Crippen molar-refractivity contribution in [1.82, 2.24) is 14.9 Å². The minimum atomic E-state index is -0.142. The van der Waals surface area contributed by atoms with Gasteiger partial charge in [-0.1, -0.05) is 6.58 Å². The molecular weight excluding hydrogens is 404 g/mol. The number of aliphatic hydroxyl groups excluding tert-OH is 1. The van der Waals surface area contributed by atoms with E-state index in [0.717, 1.165) is 35.6 Å². The molecule has 1 saturated heterocycles. The van der Waals surface area contributed by atoms with E-state index in [-0.39, 0.29) is 25.0 Å². The lowest BCUT2D eigenvalue weighted by Crippen LogP contribution is -2.54. The first-order chi connectivity index (χ1) is 15.5. The third-order valence-corrected chi connectivity index (χ3v) is 5.96. The van der Waals surface area contributed by atoms with Gasteiger partial charge in [-0.2, -0.15) is 5.26 Å². The number of aliphatic hydroxyl groups is 1. The van der Waals surface area contributed by atoms with Crippen molar-refractivity contribution in [1.29, 1.82) is 5.26 Å². The number of nitrogens with zero attached hydrogens (tertiary/aromatic N) is 5. The Labute approximate surface area is 188 Å². The fraction of sp³-hybridized carbons (Fsp3) is 0.417. The quantitative estimate of drug-likeness (QED) is 0.693. The molecule has 1 aliphatic heterocycles. The van der Waals surface area contributed by atoms with Gasteiger partial charge in [0.15, 0.2) is 0 Å². The number of aromatic nitrogens is 2. The van der Waals surface area contributed by atoms with Crippen molar-refractivity contribution in [2.75, 3.05) is 36.5 Å². The van der Waals surface area contributed by atoms with Crippen LogP contribution in [0.1, 0.15) is 49.1 Å². The van der Waals surface area contributed by atoms with Crippen LogP contribution >= 0.6 is 0 Å². The average molecular weight is 433 g/mol. The van der Waals surface area contributed by atoms with E-state index >= 15 is 0 Å². The first-order valence-corrected chi connectivity index (χ1v) is 11.0. The van der Waals surface area contributed by atoms with Gasteiger partial charge in [-0.05, 0) is 44.0 Å². The van der Waals surface area contributed by atoms with Gasteiger partial charge in [0.2, 0.25) is 5.91 Å². The van der Waals surface area contributed by atoms with Gasteiger partial charge in [0.05, 0.1) is 41.1 Å². The van der Waals surface area contributed by atoms with E-state index in [2.05, 4.69) is 27.8 Å². The third kappa shape index (κ3) is 4.58. The van der Waals surface area contributed by atoms with E-state index in [1.54, 1.807) is 17.2 Å². The third-order valence-electron chi connectivity index (χ3n) is 5.96. The molecule has 2 aromatic heterocycles. The van der Waals surface area contributed by atoms with Crippen LogP contribution in [-0.4, -0.2) is 58.2 Å². The van der Waals surface area contributed by atoms with Crippen LogP contribution in [0, 0.1) is 11.3 Å². The number of rotatable bonds is 7.